The number of hydrogen-bond donors (Lipinski definition) is 3. The van der Waals surface area contributed by atoms with Crippen molar-refractivity contribution in [3.63, 3.8) is 0 Å². The van der Waals surface area contributed by atoms with Crippen molar-refractivity contribution in [2.75, 3.05) is 11.9 Å². The standard InChI is InChI=1S/C14H19N7O4/c1-4-20-7-9(11(19-20)13(22)15-5-8(2)3)17-14(23)12-10(21(24)25)6-16-18-12/h6-8H,4-5H2,1-3H3,(H,15,22)(H,16,18)(H,17,23). The van der Waals surface area contributed by atoms with Crippen molar-refractivity contribution in [1.82, 2.24) is 25.3 Å². The van der Waals surface area contributed by atoms with Gasteiger partial charge in [0.05, 0.1) is 10.6 Å². The average molecular weight is 349 g/mol. The van der Waals surface area contributed by atoms with E-state index in [2.05, 4.69) is 25.9 Å². The molecule has 0 saturated carbocycles. The number of H-pyrrole nitrogens is 1. The van der Waals surface area contributed by atoms with Crippen LogP contribution in [0.3, 0.4) is 0 Å². The monoisotopic (exact) mass is 349 g/mol. The van der Waals surface area contributed by atoms with Crippen molar-refractivity contribution in [1.29, 1.82) is 0 Å². The van der Waals surface area contributed by atoms with Crippen molar-refractivity contribution in [3.8, 4) is 0 Å². The van der Waals surface area contributed by atoms with Crippen LogP contribution in [0.2, 0.25) is 0 Å². The lowest BCUT2D eigenvalue weighted by atomic mass is 10.2. The minimum atomic E-state index is -0.780. The summed E-state index contributed by atoms with van der Waals surface area (Å²) in [5.41, 5.74) is -0.552. The van der Waals surface area contributed by atoms with Gasteiger partial charge in [0.25, 0.3) is 11.8 Å². The van der Waals surface area contributed by atoms with Gasteiger partial charge in [0, 0.05) is 19.3 Å². The van der Waals surface area contributed by atoms with Crippen molar-refractivity contribution < 1.29 is 14.5 Å². The number of amides is 2. The highest BCUT2D eigenvalue weighted by Crippen LogP contribution is 2.19. The van der Waals surface area contributed by atoms with Crippen LogP contribution in [0.1, 0.15) is 41.7 Å². The summed E-state index contributed by atoms with van der Waals surface area (Å²) >= 11 is 0. The van der Waals surface area contributed by atoms with Gasteiger partial charge in [0.15, 0.2) is 5.69 Å². The van der Waals surface area contributed by atoms with Gasteiger partial charge in [-0.25, -0.2) is 0 Å². The average Bonchev–Trinajstić information content (AvgIpc) is 3.19. The second-order valence-corrected chi connectivity index (χ2v) is 5.69. The topological polar surface area (TPSA) is 148 Å². The fraction of sp³-hybridized carbons (Fsp3) is 0.429. The van der Waals surface area contributed by atoms with Gasteiger partial charge in [-0.1, -0.05) is 13.8 Å². The lowest BCUT2D eigenvalue weighted by molar-refractivity contribution is -0.385. The molecule has 0 spiro atoms. The Bertz CT molecular complexity index is 793. The molecule has 2 aromatic rings. The Balaban J connectivity index is 2.24. The Morgan fingerprint density at radius 1 is 1.40 bits per heavy atom. The number of carbonyl (C=O) groups excluding carboxylic acids is 2. The molecule has 2 amide bonds. The Labute approximate surface area is 142 Å². The van der Waals surface area contributed by atoms with E-state index in [1.165, 1.54) is 10.9 Å². The summed E-state index contributed by atoms with van der Waals surface area (Å²) in [4.78, 5) is 34.7. The van der Waals surface area contributed by atoms with E-state index < -0.39 is 22.4 Å². The third-order valence-corrected chi connectivity index (χ3v) is 3.26. The zero-order valence-electron chi connectivity index (χ0n) is 14.1. The van der Waals surface area contributed by atoms with Crippen molar-refractivity contribution in [3.05, 3.63) is 33.9 Å². The number of nitro groups is 1. The van der Waals surface area contributed by atoms with Crippen molar-refractivity contribution in [2.45, 2.75) is 27.3 Å². The van der Waals surface area contributed by atoms with E-state index in [9.17, 15) is 19.7 Å². The summed E-state index contributed by atoms with van der Waals surface area (Å²) in [5, 5.41) is 26.0. The molecule has 0 bridgehead atoms. The summed E-state index contributed by atoms with van der Waals surface area (Å²) in [6, 6.07) is 0. The van der Waals surface area contributed by atoms with Crippen LogP contribution < -0.4 is 10.6 Å². The first kappa shape index (κ1) is 18.1. The molecular weight excluding hydrogens is 330 g/mol. The fourth-order valence-corrected chi connectivity index (χ4v) is 1.99. The molecule has 0 aliphatic rings. The molecule has 0 saturated heterocycles. The Morgan fingerprint density at radius 2 is 2.12 bits per heavy atom. The zero-order valence-corrected chi connectivity index (χ0v) is 14.1. The Hall–Kier alpha value is -3.24. The minimum Gasteiger partial charge on any atom is -0.350 e. The Kier molecular flexibility index (Phi) is 5.47. The van der Waals surface area contributed by atoms with Crippen LogP contribution in [0.15, 0.2) is 12.4 Å². The van der Waals surface area contributed by atoms with Gasteiger partial charge in [-0.2, -0.15) is 10.2 Å². The van der Waals surface area contributed by atoms with Gasteiger partial charge in [-0.3, -0.25) is 29.5 Å². The lowest BCUT2D eigenvalue weighted by Crippen LogP contribution is -2.29. The maximum atomic E-state index is 12.3. The summed E-state index contributed by atoms with van der Waals surface area (Å²) in [6.45, 7) is 6.67. The minimum absolute atomic E-state index is 0.0398. The molecule has 11 heteroatoms. The highest BCUT2D eigenvalue weighted by Gasteiger charge is 2.25. The molecule has 3 N–H and O–H groups in total. The van der Waals surface area contributed by atoms with E-state index in [4.69, 9.17) is 0 Å². The second-order valence-electron chi connectivity index (χ2n) is 5.69. The molecule has 0 atom stereocenters. The molecule has 134 valence electrons. The fourth-order valence-electron chi connectivity index (χ4n) is 1.99. The largest absolute Gasteiger partial charge is 0.350 e. The summed E-state index contributed by atoms with van der Waals surface area (Å²) < 4.78 is 1.49. The third-order valence-electron chi connectivity index (χ3n) is 3.26. The van der Waals surface area contributed by atoms with Crippen LogP contribution in [0.4, 0.5) is 11.4 Å². The van der Waals surface area contributed by atoms with Crippen LogP contribution in [0, 0.1) is 16.0 Å². The number of aromatic nitrogens is 4. The number of aromatic amines is 1. The quantitative estimate of drug-likeness (QED) is 0.505. The lowest BCUT2D eigenvalue weighted by Gasteiger charge is -2.07. The van der Waals surface area contributed by atoms with Crippen LogP contribution >= 0.6 is 0 Å². The zero-order chi connectivity index (χ0) is 18.6. The second kappa shape index (κ2) is 7.55. The van der Waals surface area contributed by atoms with Gasteiger partial charge in [0.2, 0.25) is 5.69 Å². The number of aryl methyl sites for hydroxylation is 1. The first-order chi connectivity index (χ1) is 11.8. The molecule has 0 fully saturated rings. The van der Waals surface area contributed by atoms with Gasteiger partial charge in [-0.05, 0) is 12.8 Å². The summed E-state index contributed by atoms with van der Waals surface area (Å²) in [5.74, 6) is -0.962. The van der Waals surface area contributed by atoms with E-state index in [0.29, 0.717) is 13.1 Å². The molecule has 0 aliphatic carbocycles. The molecule has 11 nitrogen and oxygen atoms in total. The first-order valence-corrected chi connectivity index (χ1v) is 7.68. The van der Waals surface area contributed by atoms with Gasteiger partial charge in [-0.15, -0.1) is 0 Å². The first-order valence-electron chi connectivity index (χ1n) is 7.68. The van der Waals surface area contributed by atoms with E-state index in [-0.39, 0.29) is 23.0 Å². The molecule has 2 heterocycles. The molecule has 2 rings (SSSR count). The maximum absolute atomic E-state index is 12.3. The molecule has 2 aromatic heterocycles. The van der Waals surface area contributed by atoms with E-state index in [1.807, 2.05) is 20.8 Å². The molecular formula is C14H19N7O4. The normalized spacial score (nSPS) is 10.7. The van der Waals surface area contributed by atoms with Crippen LogP contribution in [0.5, 0.6) is 0 Å². The van der Waals surface area contributed by atoms with Gasteiger partial charge < -0.3 is 10.6 Å². The molecule has 0 unspecified atom stereocenters. The van der Waals surface area contributed by atoms with E-state index >= 15 is 0 Å². The van der Waals surface area contributed by atoms with Crippen LogP contribution in [-0.4, -0.2) is 43.3 Å². The number of hydrogen-bond acceptors (Lipinski definition) is 6. The van der Waals surface area contributed by atoms with E-state index in [0.717, 1.165) is 6.20 Å². The van der Waals surface area contributed by atoms with Crippen LogP contribution in [0.25, 0.3) is 0 Å². The number of nitrogens with zero attached hydrogens (tertiary/aromatic N) is 4. The summed E-state index contributed by atoms with van der Waals surface area (Å²) in [7, 11) is 0. The third kappa shape index (κ3) is 4.19. The predicted octanol–water partition coefficient (Wildman–Crippen LogP) is 1.17. The van der Waals surface area contributed by atoms with Gasteiger partial charge >= 0.3 is 5.69 Å². The number of rotatable bonds is 7. The smallest absolute Gasteiger partial charge is 0.319 e. The van der Waals surface area contributed by atoms with Crippen molar-refractivity contribution in [2.24, 2.45) is 5.92 Å². The SMILES string of the molecule is CCn1cc(NC(=O)c2[nH]ncc2[N+](=O)[O-])c(C(=O)NCC(C)C)n1. The number of nitrogens with one attached hydrogen (secondary N) is 3. The number of anilines is 1. The molecule has 25 heavy (non-hydrogen) atoms. The predicted molar refractivity (Wildman–Crippen MR) is 88.3 cm³/mol. The van der Waals surface area contributed by atoms with Crippen molar-refractivity contribution >= 4 is 23.2 Å². The summed E-state index contributed by atoms with van der Waals surface area (Å²) in [6.07, 6.45) is 2.44. The Morgan fingerprint density at radius 3 is 2.72 bits per heavy atom. The molecule has 0 aliphatic heterocycles. The molecule has 0 radical (unpaired) electrons. The number of carbonyl (C=O) groups is 2. The maximum Gasteiger partial charge on any atom is 0.319 e. The highest BCUT2D eigenvalue weighted by atomic mass is 16.6. The van der Waals surface area contributed by atoms with E-state index in [1.54, 1.807) is 0 Å². The highest BCUT2D eigenvalue weighted by molar-refractivity contribution is 6.09. The van der Waals surface area contributed by atoms with Crippen LogP contribution in [-0.2, 0) is 6.54 Å². The van der Waals surface area contributed by atoms with Gasteiger partial charge in [0.1, 0.15) is 6.20 Å². The molecule has 0 aromatic carbocycles.